The molecule has 0 spiro atoms. The van der Waals surface area contributed by atoms with Crippen molar-refractivity contribution in [1.82, 2.24) is 4.98 Å². The molecular weight excluding hydrogens is 376 g/mol. The summed E-state index contributed by atoms with van der Waals surface area (Å²) < 4.78 is 31.0. The van der Waals surface area contributed by atoms with Gasteiger partial charge in [-0.15, -0.1) is 0 Å². The number of anilines is 1. The quantitative estimate of drug-likeness (QED) is 0.842. The molecule has 7 nitrogen and oxygen atoms in total. The van der Waals surface area contributed by atoms with Gasteiger partial charge in [-0.05, 0) is 22.0 Å². The molecule has 106 valence electrons. The molecule has 2 rings (SSSR count). The van der Waals surface area contributed by atoms with Crippen LogP contribution in [0.1, 0.15) is 10.6 Å². The van der Waals surface area contributed by atoms with Gasteiger partial charge in [0.05, 0.1) is 16.9 Å². The number of nitrogens with one attached hydrogen (secondary N) is 1. The summed E-state index contributed by atoms with van der Waals surface area (Å²) in [4.78, 5) is 14.1. The molecule has 0 aliphatic carbocycles. The first-order chi connectivity index (χ1) is 9.31. The average Bonchev–Trinajstić information content (AvgIpc) is 2.75. The molecule has 0 fully saturated rings. The van der Waals surface area contributed by atoms with Crippen LogP contribution in [0.25, 0.3) is 0 Å². The molecule has 0 aliphatic rings. The van der Waals surface area contributed by atoms with Gasteiger partial charge >= 0.3 is 5.97 Å². The summed E-state index contributed by atoms with van der Waals surface area (Å²) in [5.41, 5.74) is 0.0686. The third kappa shape index (κ3) is 2.94. The number of rotatable bonds is 4. The van der Waals surface area contributed by atoms with E-state index >= 15 is 0 Å². The van der Waals surface area contributed by atoms with E-state index in [4.69, 9.17) is 21.1 Å². The lowest BCUT2D eigenvalue weighted by Crippen LogP contribution is -2.13. The third-order valence-electron chi connectivity index (χ3n) is 2.17. The van der Waals surface area contributed by atoms with E-state index in [1.54, 1.807) is 0 Å². The normalized spacial score (nSPS) is 11.3. The van der Waals surface area contributed by atoms with Gasteiger partial charge in [-0.3, -0.25) is 9.71 Å². The Balaban J connectivity index is 2.41. The van der Waals surface area contributed by atoms with Crippen LogP contribution in [0, 0.1) is 0 Å². The SMILES string of the molecule is O=C(O)c1cc(S(=O)(=O)Nc2cnccc2Cl)c(Br)o1. The van der Waals surface area contributed by atoms with Crippen LogP contribution in [-0.2, 0) is 10.0 Å². The van der Waals surface area contributed by atoms with E-state index in [1.807, 2.05) is 0 Å². The molecular formula is C10H6BrClN2O5S. The van der Waals surface area contributed by atoms with Crippen molar-refractivity contribution in [2.45, 2.75) is 4.90 Å². The first-order valence-corrected chi connectivity index (χ1v) is 7.61. The van der Waals surface area contributed by atoms with Crippen LogP contribution in [0.4, 0.5) is 5.69 Å². The molecule has 0 aromatic carbocycles. The minimum absolute atomic E-state index is 0.0686. The average molecular weight is 382 g/mol. The number of sulfonamides is 1. The van der Waals surface area contributed by atoms with Gasteiger partial charge in [-0.2, -0.15) is 0 Å². The topological polar surface area (TPSA) is 110 Å². The number of nitrogens with zero attached hydrogens (tertiary/aromatic N) is 1. The molecule has 2 aromatic heterocycles. The molecule has 2 heterocycles. The molecule has 2 N–H and O–H groups in total. The molecule has 0 atom stereocenters. The molecule has 0 saturated carbocycles. The van der Waals surface area contributed by atoms with Gasteiger partial charge in [0.25, 0.3) is 10.0 Å². The Morgan fingerprint density at radius 1 is 1.50 bits per heavy atom. The second-order valence-electron chi connectivity index (χ2n) is 3.51. The van der Waals surface area contributed by atoms with Crippen molar-refractivity contribution >= 4 is 49.2 Å². The Morgan fingerprint density at radius 3 is 2.75 bits per heavy atom. The summed E-state index contributed by atoms with van der Waals surface area (Å²) in [5, 5.41) is 8.92. The lowest BCUT2D eigenvalue weighted by Gasteiger charge is -2.07. The summed E-state index contributed by atoms with van der Waals surface area (Å²) in [5.74, 6) is -1.89. The number of pyridine rings is 1. The van der Waals surface area contributed by atoms with Crippen LogP contribution in [-0.4, -0.2) is 24.5 Å². The minimum Gasteiger partial charge on any atom is -0.475 e. The van der Waals surface area contributed by atoms with E-state index in [1.165, 1.54) is 18.5 Å². The van der Waals surface area contributed by atoms with Gasteiger partial charge in [0.1, 0.15) is 4.90 Å². The smallest absolute Gasteiger partial charge is 0.371 e. The minimum atomic E-state index is -4.06. The van der Waals surface area contributed by atoms with Crippen molar-refractivity contribution in [3.63, 3.8) is 0 Å². The highest BCUT2D eigenvalue weighted by atomic mass is 79.9. The number of furan rings is 1. The molecule has 2 aromatic rings. The molecule has 20 heavy (non-hydrogen) atoms. The first kappa shape index (κ1) is 14.8. The highest BCUT2D eigenvalue weighted by molar-refractivity contribution is 9.10. The number of hydrogen-bond acceptors (Lipinski definition) is 5. The van der Waals surface area contributed by atoms with Crippen molar-refractivity contribution in [3.05, 3.63) is 40.0 Å². The van der Waals surface area contributed by atoms with Crippen molar-refractivity contribution < 1.29 is 22.7 Å². The fraction of sp³-hybridized carbons (Fsp3) is 0. The van der Waals surface area contributed by atoms with Crippen molar-refractivity contribution in [3.8, 4) is 0 Å². The lowest BCUT2D eigenvalue weighted by molar-refractivity contribution is 0.0661. The Kier molecular flexibility index (Phi) is 4.02. The predicted octanol–water partition coefficient (Wildman–Crippen LogP) is 2.59. The number of carbonyl (C=O) groups is 1. The highest BCUT2D eigenvalue weighted by Gasteiger charge is 2.25. The Hall–Kier alpha value is -1.58. The van der Waals surface area contributed by atoms with Gasteiger partial charge in [0.2, 0.25) is 5.76 Å². The fourth-order valence-corrected chi connectivity index (χ4v) is 3.51. The molecule has 0 radical (unpaired) electrons. The van der Waals surface area contributed by atoms with Crippen LogP contribution >= 0.6 is 27.5 Å². The second kappa shape index (κ2) is 5.43. The fourth-order valence-electron chi connectivity index (χ4n) is 1.29. The van der Waals surface area contributed by atoms with E-state index < -0.39 is 21.8 Å². The second-order valence-corrected chi connectivity index (χ2v) is 6.29. The summed E-state index contributed by atoms with van der Waals surface area (Å²) in [6.45, 7) is 0. The molecule has 10 heteroatoms. The van der Waals surface area contributed by atoms with Crippen molar-refractivity contribution in [1.29, 1.82) is 0 Å². The zero-order valence-corrected chi connectivity index (χ0v) is 12.7. The highest BCUT2D eigenvalue weighted by Crippen LogP contribution is 2.29. The number of halogens is 2. The summed E-state index contributed by atoms with van der Waals surface area (Å²) in [7, 11) is -4.06. The van der Waals surface area contributed by atoms with Gasteiger partial charge in [-0.25, -0.2) is 13.2 Å². The van der Waals surface area contributed by atoms with Gasteiger partial charge in [-0.1, -0.05) is 11.6 Å². The van der Waals surface area contributed by atoms with Crippen LogP contribution in [0.3, 0.4) is 0 Å². The zero-order chi connectivity index (χ0) is 14.9. The van der Waals surface area contributed by atoms with Gasteiger partial charge in [0, 0.05) is 12.3 Å². The predicted molar refractivity (Wildman–Crippen MR) is 73.4 cm³/mol. The van der Waals surface area contributed by atoms with Crippen molar-refractivity contribution in [2.75, 3.05) is 4.72 Å². The molecule has 0 saturated heterocycles. The Morgan fingerprint density at radius 2 is 2.20 bits per heavy atom. The third-order valence-corrected chi connectivity index (χ3v) is 4.72. The van der Waals surface area contributed by atoms with Crippen LogP contribution in [0.2, 0.25) is 5.02 Å². The molecule has 0 unspecified atom stereocenters. The maximum absolute atomic E-state index is 12.1. The number of carboxylic acids is 1. The van der Waals surface area contributed by atoms with Crippen LogP contribution in [0.5, 0.6) is 0 Å². The maximum atomic E-state index is 12.1. The summed E-state index contributed by atoms with van der Waals surface area (Å²) in [6.07, 6.45) is 2.63. The van der Waals surface area contributed by atoms with Crippen LogP contribution in [0.15, 0.2) is 38.5 Å². The van der Waals surface area contributed by atoms with Gasteiger partial charge in [0.15, 0.2) is 4.67 Å². The zero-order valence-electron chi connectivity index (χ0n) is 9.50. The molecule has 0 bridgehead atoms. The Bertz CT molecular complexity index is 774. The molecule has 0 amide bonds. The van der Waals surface area contributed by atoms with E-state index in [9.17, 15) is 13.2 Å². The maximum Gasteiger partial charge on any atom is 0.371 e. The first-order valence-electron chi connectivity index (χ1n) is 4.96. The van der Waals surface area contributed by atoms with E-state index in [0.717, 1.165) is 6.07 Å². The van der Waals surface area contributed by atoms with Crippen molar-refractivity contribution in [2.24, 2.45) is 0 Å². The lowest BCUT2D eigenvalue weighted by atomic mass is 10.4. The number of aromatic nitrogens is 1. The summed E-state index contributed by atoms with van der Waals surface area (Å²) in [6, 6.07) is 2.30. The molecule has 0 aliphatic heterocycles. The number of carboxylic acid groups (broad SMARTS) is 1. The van der Waals surface area contributed by atoms with Gasteiger partial charge < -0.3 is 9.52 Å². The van der Waals surface area contributed by atoms with E-state index in [2.05, 4.69) is 25.6 Å². The van der Waals surface area contributed by atoms with E-state index in [-0.39, 0.29) is 20.3 Å². The van der Waals surface area contributed by atoms with E-state index in [0.29, 0.717) is 0 Å². The Labute approximate surface area is 126 Å². The monoisotopic (exact) mass is 380 g/mol. The number of hydrogen-bond donors (Lipinski definition) is 2. The largest absolute Gasteiger partial charge is 0.475 e. The number of aromatic carboxylic acids is 1. The van der Waals surface area contributed by atoms with Crippen LogP contribution < -0.4 is 4.72 Å². The summed E-state index contributed by atoms with van der Waals surface area (Å²) >= 11 is 8.67. The standard InChI is InChI=1S/C10H6BrClN2O5S/c11-9-8(3-7(19-9)10(15)16)20(17,18)14-6-4-13-2-1-5(6)12/h1-4,14H,(H,15,16).